The Hall–Kier alpha value is -1.58. The van der Waals surface area contributed by atoms with Gasteiger partial charge < -0.3 is 39.4 Å². The molecule has 124 valence electrons. The predicted octanol–water partition coefficient (Wildman–Crippen LogP) is -1.12. The summed E-state index contributed by atoms with van der Waals surface area (Å²) in [6.45, 7) is -0.523. The zero-order valence-electron chi connectivity index (χ0n) is 12.2. The van der Waals surface area contributed by atoms with E-state index in [1.807, 2.05) is 0 Å². The fourth-order valence-electron chi connectivity index (χ4n) is 2.16. The van der Waals surface area contributed by atoms with Crippen molar-refractivity contribution in [2.75, 3.05) is 20.8 Å². The van der Waals surface area contributed by atoms with E-state index >= 15 is 0 Å². The van der Waals surface area contributed by atoms with Crippen LogP contribution in [0.15, 0.2) is 18.2 Å². The minimum atomic E-state index is -1.50. The summed E-state index contributed by atoms with van der Waals surface area (Å²) < 4.78 is 21.0. The molecule has 8 heteroatoms. The van der Waals surface area contributed by atoms with Crippen LogP contribution >= 0.6 is 0 Å². The molecule has 2 rings (SSSR count). The highest BCUT2D eigenvalue weighted by molar-refractivity contribution is 5.45. The Bertz CT molecular complexity index is 492. The van der Waals surface area contributed by atoms with Crippen molar-refractivity contribution in [2.24, 2.45) is 0 Å². The van der Waals surface area contributed by atoms with E-state index in [1.165, 1.54) is 14.2 Å². The molecule has 1 fully saturated rings. The van der Waals surface area contributed by atoms with Crippen molar-refractivity contribution in [3.05, 3.63) is 18.2 Å². The molecule has 0 aromatic heterocycles. The number of aliphatic hydroxyl groups excluding tert-OH is 4. The van der Waals surface area contributed by atoms with Gasteiger partial charge in [0.2, 0.25) is 6.29 Å². The third kappa shape index (κ3) is 3.26. The summed E-state index contributed by atoms with van der Waals surface area (Å²) >= 11 is 0. The minimum absolute atomic E-state index is 0.257. The average molecular weight is 316 g/mol. The Balaban J connectivity index is 2.18. The molecule has 0 spiro atoms. The first-order chi connectivity index (χ1) is 10.5. The normalized spacial score (nSPS) is 31.6. The largest absolute Gasteiger partial charge is 0.497 e. The molecule has 1 aliphatic rings. The van der Waals surface area contributed by atoms with Crippen molar-refractivity contribution in [2.45, 2.75) is 30.7 Å². The summed E-state index contributed by atoms with van der Waals surface area (Å²) in [6.07, 6.45) is -6.71. The van der Waals surface area contributed by atoms with E-state index in [9.17, 15) is 15.3 Å². The average Bonchev–Trinajstić information content (AvgIpc) is 2.55. The van der Waals surface area contributed by atoms with Gasteiger partial charge in [-0.15, -0.1) is 0 Å². The Labute approximate surface area is 127 Å². The number of hydrogen-bond acceptors (Lipinski definition) is 8. The van der Waals surface area contributed by atoms with Gasteiger partial charge in [0.05, 0.1) is 20.8 Å². The van der Waals surface area contributed by atoms with Crippen LogP contribution in [0.2, 0.25) is 0 Å². The van der Waals surface area contributed by atoms with Gasteiger partial charge in [-0.3, -0.25) is 0 Å². The van der Waals surface area contributed by atoms with Crippen LogP contribution in [-0.4, -0.2) is 72.0 Å². The Kier molecular flexibility index (Phi) is 5.43. The first kappa shape index (κ1) is 16.8. The molecular formula is C14H20O8. The Morgan fingerprint density at radius 2 is 1.73 bits per heavy atom. The number of rotatable bonds is 5. The van der Waals surface area contributed by atoms with E-state index < -0.39 is 37.3 Å². The Morgan fingerprint density at radius 1 is 1.00 bits per heavy atom. The molecule has 0 aliphatic carbocycles. The molecule has 0 saturated carbocycles. The van der Waals surface area contributed by atoms with Crippen LogP contribution in [0.5, 0.6) is 17.2 Å². The number of methoxy groups -OCH3 is 2. The summed E-state index contributed by atoms with van der Waals surface area (Å²) in [7, 11) is 2.95. The second-order valence-corrected chi connectivity index (χ2v) is 4.83. The number of ether oxygens (including phenoxy) is 4. The maximum Gasteiger partial charge on any atom is 0.229 e. The molecule has 22 heavy (non-hydrogen) atoms. The number of benzene rings is 1. The van der Waals surface area contributed by atoms with Crippen molar-refractivity contribution in [3.8, 4) is 17.2 Å². The predicted molar refractivity (Wildman–Crippen MR) is 73.9 cm³/mol. The summed E-state index contributed by atoms with van der Waals surface area (Å²) in [6, 6.07) is 4.76. The highest BCUT2D eigenvalue weighted by atomic mass is 16.7. The summed E-state index contributed by atoms with van der Waals surface area (Å²) in [5.41, 5.74) is 0. The van der Waals surface area contributed by atoms with E-state index in [1.54, 1.807) is 18.2 Å². The Morgan fingerprint density at radius 3 is 2.32 bits per heavy atom. The van der Waals surface area contributed by atoms with Gasteiger partial charge in [0.1, 0.15) is 30.2 Å². The molecule has 1 aromatic rings. The molecule has 1 saturated heterocycles. The molecular weight excluding hydrogens is 296 g/mol. The van der Waals surface area contributed by atoms with Crippen LogP contribution in [0.1, 0.15) is 0 Å². The molecule has 0 bridgehead atoms. The minimum Gasteiger partial charge on any atom is -0.497 e. The molecule has 5 unspecified atom stereocenters. The number of aliphatic hydroxyl groups is 4. The molecule has 5 atom stereocenters. The van der Waals surface area contributed by atoms with E-state index in [2.05, 4.69) is 0 Å². The SMILES string of the molecule is COc1ccc(OC2OC(CO)C(O)C(O)C2O)c(OC)c1. The van der Waals surface area contributed by atoms with Gasteiger partial charge in [0, 0.05) is 6.07 Å². The molecule has 1 aliphatic heterocycles. The van der Waals surface area contributed by atoms with Crippen LogP contribution in [0.25, 0.3) is 0 Å². The van der Waals surface area contributed by atoms with Crippen molar-refractivity contribution < 1.29 is 39.4 Å². The summed E-state index contributed by atoms with van der Waals surface area (Å²) in [5.74, 6) is 1.15. The number of hydrogen-bond donors (Lipinski definition) is 4. The monoisotopic (exact) mass is 316 g/mol. The lowest BCUT2D eigenvalue weighted by Gasteiger charge is -2.39. The fraction of sp³-hybridized carbons (Fsp3) is 0.571. The lowest BCUT2D eigenvalue weighted by atomic mass is 9.99. The first-order valence-corrected chi connectivity index (χ1v) is 6.71. The molecule has 0 radical (unpaired) electrons. The quantitative estimate of drug-likeness (QED) is 0.540. The first-order valence-electron chi connectivity index (χ1n) is 6.71. The summed E-state index contributed by atoms with van der Waals surface area (Å²) in [5, 5.41) is 38.5. The maximum absolute atomic E-state index is 9.94. The topological polar surface area (TPSA) is 118 Å². The van der Waals surface area contributed by atoms with Gasteiger partial charge >= 0.3 is 0 Å². The lowest BCUT2D eigenvalue weighted by molar-refractivity contribution is -0.277. The molecule has 1 heterocycles. The molecule has 0 amide bonds. The van der Waals surface area contributed by atoms with Crippen LogP contribution in [0.4, 0.5) is 0 Å². The second-order valence-electron chi connectivity index (χ2n) is 4.83. The van der Waals surface area contributed by atoms with E-state index in [4.69, 9.17) is 24.1 Å². The highest BCUT2D eigenvalue weighted by Crippen LogP contribution is 2.33. The molecule has 1 aromatic carbocycles. The third-order valence-corrected chi connectivity index (χ3v) is 3.46. The molecule has 8 nitrogen and oxygen atoms in total. The maximum atomic E-state index is 9.94. The van der Waals surface area contributed by atoms with Crippen molar-refractivity contribution in [1.29, 1.82) is 0 Å². The van der Waals surface area contributed by atoms with Gasteiger partial charge in [0.25, 0.3) is 0 Å². The zero-order valence-corrected chi connectivity index (χ0v) is 12.2. The molecule has 4 N–H and O–H groups in total. The summed E-state index contributed by atoms with van der Waals surface area (Å²) in [4.78, 5) is 0. The van der Waals surface area contributed by atoms with E-state index in [0.717, 1.165) is 0 Å². The standard InChI is InChI=1S/C14H20O8/c1-19-7-3-4-8(9(5-7)20-2)21-14-13(18)12(17)11(16)10(6-15)22-14/h3-5,10-18H,6H2,1-2H3. The van der Waals surface area contributed by atoms with Gasteiger partial charge in [-0.1, -0.05) is 0 Å². The van der Waals surface area contributed by atoms with Crippen LogP contribution in [0, 0.1) is 0 Å². The highest BCUT2D eigenvalue weighted by Gasteiger charge is 2.44. The van der Waals surface area contributed by atoms with E-state index in [-0.39, 0.29) is 5.75 Å². The van der Waals surface area contributed by atoms with Gasteiger partial charge in [0.15, 0.2) is 11.5 Å². The van der Waals surface area contributed by atoms with Crippen LogP contribution in [-0.2, 0) is 4.74 Å². The van der Waals surface area contributed by atoms with Crippen molar-refractivity contribution in [3.63, 3.8) is 0 Å². The second kappa shape index (κ2) is 7.12. The smallest absolute Gasteiger partial charge is 0.229 e. The fourth-order valence-corrected chi connectivity index (χ4v) is 2.16. The third-order valence-electron chi connectivity index (χ3n) is 3.46. The van der Waals surface area contributed by atoms with Gasteiger partial charge in [-0.25, -0.2) is 0 Å². The van der Waals surface area contributed by atoms with Crippen LogP contribution < -0.4 is 14.2 Å². The van der Waals surface area contributed by atoms with Crippen molar-refractivity contribution >= 4 is 0 Å². The van der Waals surface area contributed by atoms with Crippen LogP contribution in [0.3, 0.4) is 0 Å². The lowest BCUT2D eigenvalue weighted by Crippen LogP contribution is -2.60. The van der Waals surface area contributed by atoms with Gasteiger partial charge in [-0.05, 0) is 12.1 Å². The van der Waals surface area contributed by atoms with Crippen molar-refractivity contribution in [1.82, 2.24) is 0 Å². The van der Waals surface area contributed by atoms with E-state index in [0.29, 0.717) is 11.5 Å². The van der Waals surface area contributed by atoms with Gasteiger partial charge in [-0.2, -0.15) is 0 Å². The zero-order chi connectivity index (χ0) is 16.3.